The molecule has 2 heterocycles. The molecule has 19 heavy (non-hydrogen) atoms. The number of thioether (sulfide) groups is 1. The molecular weight excluding hydrogens is 302 g/mol. The van der Waals surface area contributed by atoms with Gasteiger partial charge in [-0.3, -0.25) is 0 Å². The molecule has 0 radical (unpaired) electrons. The Morgan fingerprint density at radius 3 is 2.95 bits per heavy atom. The molecule has 0 saturated carbocycles. The number of thiazole rings is 1. The van der Waals surface area contributed by atoms with Crippen LogP contribution in [0.5, 0.6) is 0 Å². The van der Waals surface area contributed by atoms with E-state index >= 15 is 0 Å². The van der Waals surface area contributed by atoms with Crippen LogP contribution in [-0.2, 0) is 9.84 Å². The molecule has 2 unspecified atom stereocenters. The lowest BCUT2D eigenvalue weighted by Crippen LogP contribution is -2.47. The van der Waals surface area contributed by atoms with Crippen LogP contribution in [0.3, 0.4) is 0 Å². The van der Waals surface area contributed by atoms with Crippen molar-refractivity contribution in [2.24, 2.45) is 0 Å². The maximum atomic E-state index is 11.9. The molecule has 0 aromatic carbocycles. The van der Waals surface area contributed by atoms with E-state index in [0.29, 0.717) is 5.75 Å². The lowest BCUT2D eigenvalue weighted by molar-refractivity contribution is 0.584. The van der Waals surface area contributed by atoms with Crippen LogP contribution in [-0.4, -0.2) is 50.1 Å². The first-order valence-electron chi connectivity index (χ1n) is 6.09. The normalized spacial score (nSPS) is 22.5. The fraction of sp³-hybridized carbons (Fsp3) is 0.727. The first-order chi connectivity index (χ1) is 8.93. The van der Waals surface area contributed by atoms with Crippen LogP contribution in [0.15, 0.2) is 6.20 Å². The lowest BCUT2D eigenvalue weighted by Gasteiger charge is -2.33. The van der Waals surface area contributed by atoms with E-state index in [-0.39, 0.29) is 6.04 Å². The van der Waals surface area contributed by atoms with E-state index in [1.165, 1.54) is 6.26 Å². The monoisotopic (exact) mass is 321 g/mol. The molecular formula is C11H19N3O2S3. The third kappa shape index (κ3) is 3.42. The highest BCUT2D eigenvalue weighted by Gasteiger charge is 2.32. The Balaban J connectivity index is 2.25. The highest BCUT2D eigenvalue weighted by molar-refractivity contribution is 8.01. The third-order valence-corrected chi connectivity index (χ3v) is 7.06. The molecule has 1 aromatic rings. The number of nitrogens with one attached hydrogen (secondary N) is 1. The van der Waals surface area contributed by atoms with Gasteiger partial charge in [0.15, 0.2) is 15.0 Å². The van der Waals surface area contributed by atoms with Crippen molar-refractivity contribution in [3.05, 3.63) is 11.1 Å². The second kappa shape index (κ2) is 5.99. The van der Waals surface area contributed by atoms with Crippen LogP contribution >= 0.6 is 23.1 Å². The minimum atomic E-state index is -3.08. The second-order valence-corrected chi connectivity index (χ2v) is 9.00. The third-order valence-electron chi connectivity index (χ3n) is 3.20. The van der Waals surface area contributed by atoms with E-state index in [0.717, 1.165) is 22.3 Å². The summed E-state index contributed by atoms with van der Waals surface area (Å²) in [5, 5.41) is 3.53. The molecule has 1 aliphatic heterocycles. The van der Waals surface area contributed by atoms with Gasteiger partial charge in [-0.25, -0.2) is 13.4 Å². The Morgan fingerprint density at radius 2 is 2.32 bits per heavy atom. The number of anilines is 1. The SMILES string of the molecule is CNC(C)c1cnc(N2CCSCC2S(C)(=O)=O)s1. The van der Waals surface area contributed by atoms with Gasteiger partial charge in [-0.15, -0.1) is 11.3 Å². The summed E-state index contributed by atoms with van der Waals surface area (Å²) in [6, 6.07) is 0.238. The average Bonchev–Trinajstić information content (AvgIpc) is 2.86. The maximum absolute atomic E-state index is 11.9. The van der Waals surface area contributed by atoms with Gasteiger partial charge >= 0.3 is 0 Å². The van der Waals surface area contributed by atoms with Gasteiger partial charge in [0.25, 0.3) is 0 Å². The zero-order chi connectivity index (χ0) is 14.0. The van der Waals surface area contributed by atoms with E-state index in [1.807, 2.05) is 18.1 Å². The van der Waals surface area contributed by atoms with Gasteiger partial charge in [0.2, 0.25) is 0 Å². The molecule has 108 valence electrons. The summed E-state index contributed by atoms with van der Waals surface area (Å²) in [6.07, 6.45) is 3.14. The van der Waals surface area contributed by atoms with Crippen molar-refractivity contribution >= 4 is 38.1 Å². The summed E-state index contributed by atoms with van der Waals surface area (Å²) < 4.78 is 23.8. The molecule has 0 bridgehead atoms. The predicted octanol–water partition coefficient (Wildman–Crippen LogP) is 1.35. The van der Waals surface area contributed by atoms with E-state index in [4.69, 9.17) is 0 Å². The average molecular weight is 321 g/mol. The van der Waals surface area contributed by atoms with E-state index in [2.05, 4.69) is 17.2 Å². The van der Waals surface area contributed by atoms with Crippen LogP contribution in [0.25, 0.3) is 0 Å². The standard InChI is InChI=1S/C11H19N3O2S3/c1-8(12-2)9-6-13-11(18-9)14-4-5-17-7-10(14)19(3,15)16/h6,8,10,12H,4-5,7H2,1-3H3. The van der Waals surface area contributed by atoms with Crippen molar-refractivity contribution in [1.82, 2.24) is 10.3 Å². The largest absolute Gasteiger partial charge is 0.330 e. The van der Waals surface area contributed by atoms with Crippen LogP contribution < -0.4 is 10.2 Å². The minimum absolute atomic E-state index is 0.238. The topological polar surface area (TPSA) is 62.3 Å². The Morgan fingerprint density at radius 1 is 1.58 bits per heavy atom. The number of hydrogen-bond acceptors (Lipinski definition) is 7. The zero-order valence-electron chi connectivity index (χ0n) is 11.3. The maximum Gasteiger partial charge on any atom is 0.186 e. The van der Waals surface area contributed by atoms with E-state index in [9.17, 15) is 8.42 Å². The quantitative estimate of drug-likeness (QED) is 0.903. The molecule has 1 N–H and O–H groups in total. The van der Waals surface area contributed by atoms with Gasteiger partial charge < -0.3 is 10.2 Å². The Hall–Kier alpha value is -0.310. The van der Waals surface area contributed by atoms with E-state index < -0.39 is 15.2 Å². The van der Waals surface area contributed by atoms with Gasteiger partial charge in [0, 0.05) is 41.4 Å². The van der Waals surface area contributed by atoms with E-state index in [1.54, 1.807) is 23.1 Å². The summed E-state index contributed by atoms with van der Waals surface area (Å²) in [4.78, 5) is 7.46. The first-order valence-corrected chi connectivity index (χ1v) is 10.0. The van der Waals surface area contributed by atoms with Crippen LogP contribution in [0.4, 0.5) is 5.13 Å². The highest BCUT2D eigenvalue weighted by atomic mass is 32.2. The van der Waals surface area contributed by atoms with Crippen molar-refractivity contribution in [1.29, 1.82) is 0 Å². The van der Waals surface area contributed by atoms with Crippen molar-refractivity contribution in [2.45, 2.75) is 18.3 Å². The van der Waals surface area contributed by atoms with Crippen LogP contribution in [0, 0.1) is 0 Å². The number of nitrogens with zero attached hydrogens (tertiary/aromatic N) is 2. The fourth-order valence-electron chi connectivity index (χ4n) is 1.91. The van der Waals surface area contributed by atoms with Crippen molar-refractivity contribution < 1.29 is 8.42 Å². The Kier molecular flexibility index (Phi) is 4.75. The molecule has 1 fully saturated rings. The minimum Gasteiger partial charge on any atom is -0.330 e. The number of rotatable bonds is 4. The molecule has 1 saturated heterocycles. The molecule has 1 aliphatic rings. The number of aromatic nitrogens is 1. The zero-order valence-corrected chi connectivity index (χ0v) is 13.7. The van der Waals surface area contributed by atoms with Crippen LogP contribution in [0.2, 0.25) is 0 Å². The van der Waals surface area contributed by atoms with Gasteiger partial charge in [-0.05, 0) is 14.0 Å². The summed E-state index contributed by atoms with van der Waals surface area (Å²) in [6.45, 7) is 2.81. The second-order valence-electron chi connectivity index (χ2n) is 4.61. The molecule has 2 atom stereocenters. The highest BCUT2D eigenvalue weighted by Crippen LogP contribution is 2.32. The van der Waals surface area contributed by atoms with Gasteiger partial charge in [0.05, 0.1) is 0 Å². The van der Waals surface area contributed by atoms with Gasteiger partial charge in [-0.2, -0.15) is 11.8 Å². The smallest absolute Gasteiger partial charge is 0.186 e. The molecule has 8 heteroatoms. The van der Waals surface area contributed by atoms with Crippen molar-refractivity contribution in [3.63, 3.8) is 0 Å². The summed E-state index contributed by atoms with van der Waals surface area (Å²) in [5.41, 5.74) is 0. The molecule has 2 rings (SSSR count). The van der Waals surface area contributed by atoms with Gasteiger partial charge in [-0.1, -0.05) is 0 Å². The molecule has 0 spiro atoms. The Labute approximate surface area is 122 Å². The lowest BCUT2D eigenvalue weighted by atomic mass is 10.3. The first kappa shape index (κ1) is 15.1. The fourth-order valence-corrected chi connectivity index (χ4v) is 5.84. The van der Waals surface area contributed by atoms with Crippen molar-refractivity contribution in [3.8, 4) is 0 Å². The summed E-state index contributed by atoms with van der Waals surface area (Å²) in [7, 11) is -1.18. The molecule has 1 aromatic heterocycles. The summed E-state index contributed by atoms with van der Waals surface area (Å²) in [5.74, 6) is 1.57. The number of sulfone groups is 1. The molecule has 0 aliphatic carbocycles. The number of hydrogen-bond donors (Lipinski definition) is 1. The molecule has 5 nitrogen and oxygen atoms in total. The molecule has 0 amide bonds. The van der Waals surface area contributed by atoms with Crippen LogP contribution in [0.1, 0.15) is 17.8 Å². The summed E-state index contributed by atoms with van der Waals surface area (Å²) >= 11 is 3.26. The Bertz CT molecular complexity index is 529. The van der Waals surface area contributed by atoms with Crippen molar-refractivity contribution in [2.75, 3.05) is 36.3 Å². The van der Waals surface area contributed by atoms with Gasteiger partial charge in [0.1, 0.15) is 5.37 Å². The predicted molar refractivity (Wildman–Crippen MR) is 82.9 cm³/mol.